The number of thiophene rings is 1. The molecule has 0 saturated carbocycles. The van der Waals surface area contributed by atoms with Gasteiger partial charge in [-0.1, -0.05) is 54.1 Å². The van der Waals surface area contributed by atoms with Crippen LogP contribution in [0.3, 0.4) is 0 Å². The van der Waals surface area contributed by atoms with E-state index in [2.05, 4.69) is 23.5 Å². The highest BCUT2D eigenvalue weighted by atomic mass is 35.5. The number of hydrogen-bond acceptors (Lipinski definition) is 4. The van der Waals surface area contributed by atoms with E-state index in [1.54, 1.807) is 31.2 Å². The Kier molecular flexibility index (Phi) is 6.21. The predicted molar refractivity (Wildman–Crippen MR) is 121 cm³/mol. The summed E-state index contributed by atoms with van der Waals surface area (Å²) in [4.78, 5) is 25.6. The fourth-order valence-electron chi connectivity index (χ4n) is 3.98. The van der Waals surface area contributed by atoms with E-state index in [4.69, 9.17) is 16.3 Å². The van der Waals surface area contributed by atoms with Gasteiger partial charge in [-0.25, -0.2) is 4.79 Å². The first kappa shape index (κ1) is 20.6. The quantitative estimate of drug-likeness (QED) is 0.488. The molecule has 0 saturated heterocycles. The summed E-state index contributed by atoms with van der Waals surface area (Å²) in [6, 6.07) is 17.3. The first-order chi connectivity index (χ1) is 14.6. The highest BCUT2D eigenvalue weighted by Gasteiger charge is 2.32. The molecule has 4 rings (SSSR count). The van der Waals surface area contributed by atoms with Crippen molar-refractivity contribution in [3.05, 3.63) is 86.8 Å². The zero-order valence-electron chi connectivity index (χ0n) is 16.6. The van der Waals surface area contributed by atoms with E-state index < -0.39 is 5.97 Å². The van der Waals surface area contributed by atoms with Gasteiger partial charge in [0.1, 0.15) is 5.00 Å². The molecular formula is C24H22ClNO3S. The van der Waals surface area contributed by atoms with Crippen LogP contribution in [0, 0.1) is 0 Å². The van der Waals surface area contributed by atoms with Crippen molar-refractivity contribution < 1.29 is 14.3 Å². The molecule has 1 N–H and O–H groups in total. The Morgan fingerprint density at radius 3 is 2.53 bits per heavy atom. The lowest BCUT2D eigenvalue weighted by Gasteiger charge is -2.25. The molecule has 1 aliphatic carbocycles. The van der Waals surface area contributed by atoms with Crippen molar-refractivity contribution in [1.29, 1.82) is 0 Å². The molecule has 1 unspecified atom stereocenters. The van der Waals surface area contributed by atoms with Gasteiger partial charge < -0.3 is 10.1 Å². The minimum absolute atomic E-state index is 0.102. The average molecular weight is 440 g/mol. The lowest BCUT2D eigenvalue weighted by molar-refractivity contribution is 0.0526. The topological polar surface area (TPSA) is 55.4 Å². The monoisotopic (exact) mass is 439 g/mol. The van der Waals surface area contributed by atoms with Crippen LogP contribution in [0.15, 0.2) is 54.6 Å². The predicted octanol–water partition coefficient (Wildman–Crippen LogP) is 6.10. The maximum absolute atomic E-state index is 12.9. The van der Waals surface area contributed by atoms with Crippen LogP contribution >= 0.6 is 22.9 Å². The molecule has 0 spiro atoms. The highest BCUT2D eigenvalue weighted by molar-refractivity contribution is 7.20. The maximum atomic E-state index is 12.9. The largest absolute Gasteiger partial charge is 0.462 e. The van der Waals surface area contributed by atoms with Gasteiger partial charge in [0.05, 0.1) is 16.5 Å². The van der Waals surface area contributed by atoms with Crippen molar-refractivity contribution >= 4 is 39.8 Å². The summed E-state index contributed by atoms with van der Waals surface area (Å²) in [6.45, 7) is 2.02. The summed E-state index contributed by atoms with van der Waals surface area (Å²) in [6.07, 6.45) is 2.64. The lowest BCUT2D eigenvalue weighted by Crippen LogP contribution is -2.18. The zero-order chi connectivity index (χ0) is 21.1. The first-order valence-corrected chi connectivity index (χ1v) is 11.2. The number of aryl methyl sites for hydroxylation is 1. The maximum Gasteiger partial charge on any atom is 0.341 e. The molecule has 1 aromatic heterocycles. The van der Waals surface area contributed by atoms with Crippen molar-refractivity contribution in [3.63, 3.8) is 0 Å². The van der Waals surface area contributed by atoms with Gasteiger partial charge in [-0.3, -0.25) is 4.79 Å². The number of benzene rings is 2. The van der Waals surface area contributed by atoms with Crippen molar-refractivity contribution in [2.75, 3.05) is 11.9 Å². The van der Waals surface area contributed by atoms with Crippen LogP contribution in [-0.4, -0.2) is 18.5 Å². The van der Waals surface area contributed by atoms with Gasteiger partial charge in [0.25, 0.3) is 5.91 Å². The normalized spacial score (nSPS) is 15.3. The number of esters is 1. The van der Waals surface area contributed by atoms with Gasteiger partial charge in [-0.15, -0.1) is 11.3 Å². The number of carbonyl (C=O) groups is 2. The first-order valence-electron chi connectivity index (χ1n) is 10.0. The Morgan fingerprint density at radius 1 is 1.10 bits per heavy atom. The van der Waals surface area contributed by atoms with E-state index in [1.165, 1.54) is 22.5 Å². The third kappa shape index (κ3) is 4.13. The standard InChI is InChI=1S/C24H22ClNO3S/c1-2-29-24(28)20-19(18-13-12-15-8-6-7-11-17(15)14-18)21(25)30-23(20)26-22(27)16-9-4-3-5-10-16/h3-11,18H,2,12-14H2,1H3,(H,26,27). The molecule has 1 atom stereocenters. The van der Waals surface area contributed by atoms with Gasteiger partial charge in [0.2, 0.25) is 0 Å². The highest BCUT2D eigenvalue weighted by Crippen LogP contribution is 2.45. The van der Waals surface area contributed by atoms with E-state index in [9.17, 15) is 9.59 Å². The molecule has 0 radical (unpaired) electrons. The van der Waals surface area contributed by atoms with Gasteiger partial charge in [-0.05, 0) is 55.4 Å². The SMILES string of the molecule is CCOC(=O)c1c(NC(=O)c2ccccc2)sc(Cl)c1C1CCc2ccccc2C1. The van der Waals surface area contributed by atoms with Crippen LogP contribution in [0.2, 0.25) is 4.34 Å². The van der Waals surface area contributed by atoms with Crippen molar-refractivity contribution in [2.45, 2.75) is 32.1 Å². The second-order valence-electron chi connectivity index (χ2n) is 7.24. The Bertz CT molecular complexity index is 1080. The van der Waals surface area contributed by atoms with Gasteiger partial charge >= 0.3 is 5.97 Å². The second kappa shape index (κ2) is 9.02. The Hall–Kier alpha value is -2.63. The molecule has 0 bridgehead atoms. The molecule has 30 heavy (non-hydrogen) atoms. The molecular weight excluding hydrogens is 418 g/mol. The van der Waals surface area contributed by atoms with Crippen molar-refractivity contribution in [3.8, 4) is 0 Å². The summed E-state index contributed by atoms with van der Waals surface area (Å²) < 4.78 is 5.86. The second-order valence-corrected chi connectivity index (χ2v) is 8.87. The molecule has 3 aromatic rings. The molecule has 154 valence electrons. The van der Waals surface area contributed by atoms with E-state index in [-0.39, 0.29) is 18.4 Å². The number of hydrogen-bond donors (Lipinski definition) is 1. The van der Waals surface area contributed by atoms with Gasteiger partial charge in [0, 0.05) is 11.1 Å². The summed E-state index contributed by atoms with van der Waals surface area (Å²) in [5.74, 6) is -0.622. The van der Waals surface area contributed by atoms with Crippen molar-refractivity contribution in [2.24, 2.45) is 0 Å². The number of halogens is 1. The van der Waals surface area contributed by atoms with Crippen LogP contribution in [0.1, 0.15) is 56.7 Å². The van der Waals surface area contributed by atoms with Crippen LogP contribution in [0.4, 0.5) is 5.00 Å². The van der Waals surface area contributed by atoms with E-state index in [0.29, 0.717) is 20.5 Å². The molecule has 4 nitrogen and oxygen atoms in total. The molecule has 0 fully saturated rings. The smallest absolute Gasteiger partial charge is 0.341 e. The zero-order valence-corrected chi connectivity index (χ0v) is 18.2. The summed E-state index contributed by atoms with van der Waals surface area (Å²) in [5.41, 5.74) is 4.32. The number of nitrogens with one attached hydrogen (secondary N) is 1. The van der Waals surface area contributed by atoms with E-state index >= 15 is 0 Å². The molecule has 2 aromatic carbocycles. The van der Waals surface area contributed by atoms with Crippen LogP contribution < -0.4 is 5.32 Å². The Labute approximate surface area is 184 Å². The molecule has 6 heteroatoms. The molecule has 1 heterocycles. The summed E-state index contributed by atoms with van der Waals surface area (Å²) >= 11 is 7.87. The molecule has 1 aliphatic rings. The fourth-order valence-corrected chi connectivity index (χ4v) is 5.46. The van der Waals surface area contributed by atoms with Crippen LogP contribution in [-0.2, 0) is 17.6 Å². The summed E-state index contributed by atoms with van der Waals surface area (Å²) in [5, 5.41) is 3.33. The number of rotatable bonds is 5. The van der Waals surface area contributed by atoms with Gasteiger partial charge in [-0.2, -0.15) is 0 Å². The Balaban J connectivity index is 1.70. The fraction of sp³-hybridized carbons (Fsp3) is 0.250. The minimum Gasteiger partial charge on any atom is -0.462 e. The number of ether oxygens (including phenoxy) is 1. The number of amides is 1. The number of carbonyl (C=O) groups excluding carboxylic acids is 2. The van der Waals surface area contributed by atoms with Crippen LogP contribution in [0.25, 0.3) is 0 Å². The van der Waals surface area contributed by atoms with Gasteiger partial charge in [0.15, 0.2) is 0 Å². The van der Waals surface area contributed by atoms with E-state index in [0.717, 1.165) is 24.8 Å². The lowest BCUT2D eigenvalue weighted by atomic mass is 9.80. The minimum atomic E-state index is -0.446. The third-order valence-electron chi connectivity index (χ3n) is 5.40. The molecule has 0 aliphatic heterocycles. The van der Waals surface area contributed by atoms with Crippen LogP contribution in [0.5, 0.6) is 0 Å². The van der Waals surface area contributed by atoms with Crippen molar-refractivity contribution in [1.82, 2.24) is 0 Å². The number of anilines is 1. The van der Waals surface area contributed by atoms with E-state index in [1.807, 2.05) is 12.1 Å². The number of fused-ring (bicyclic) bond motifs is 1. The third-order valence-corrected chi connectivity index (χ3v) is 6.74. The molecule has 1 amide bonds. The Morgan fingerprint density at radius 2 is 1.80 bits per heavy atom. The average Bonchev–Trinajstić information content (AvgIpc) is 3.09. The summed E-state index contributed by atoms with van der Waals surface area (Å²) in [7, 11) is 0.